The van der Waals surface area contributed by atoms with Crippen LogP contribution < -0.4 is 5.32 Å². The number of carboxylic acids is 2. The summed E-state index contributed by atoms with van der Waals surface area (Å²) in [5.41, 5.74) is 0.546. The molecule has 104 valence electrons. The van der Waals surface area contributed by atoms with Crippen LogP contribution in [-0.2, 0) is 9.59 Å². The second-order valence-corrected chi connectivity index (χ2v) is 4.87. The number of hydrogen-bond acceptors (Lipinski definition) is 3. The Bertz CT molecular complexity index is 430. The second-order valence-electron chi connectivity index (χ2n) is 4.87. The molecule has 0 amide bonds. The first-order valence-electron chi connectivity index (χ1n) is 6.18. The average Bonchev–Trinajstić information content (AvgIpc) is 2.34. The van der Waals surface area contributed by atoms with Gasteiger partial charge < -0.3 is 10.2 Å². The van der Waals surface area contributed by atoms with Crippen molar-refractivity contribution in [2.24, 2.45) is 5.92 Å². The van der Waals surface area contributed by atoms with Crippen LogP contribution in [0.3, 0.4) is 0 Å². The summed E-state index contributed by atoms with van der Waals surface area (Å²) in [5, 5.41) is 21.1. The van der Waals surface area contributed by atoms with Gasteiger partial charge in [-0.2, -0.15) is 0 Å². The summed E-state index contributed by atoms with van der Waals surface area (Å²) in [6.07, 6.45) is 0.381. The third kappa shape index (κ3) is 4.71. The monoisotopic (exact) mass is 265 g/mol. The van der Waals surface area contributed by atoms with Gasteiger partial charge in [-0.05, 0) is 17.9 Å². The van der Waals surface area contributed by atoms with Gasteiger partial charge in [-0.3, -0.25) is 14.9 Å². The van der Waals surface area contributed by atoms with Crippen molar-refractivity contribution >= 4 is 11.9 Å². The highest BCUT2D eigenvalue weighted by Gasteiger charge is 2.27. The van der Waals surface area contributed by atoms with E-state index >= 15 is 0 Å². The van der Waals surface area contributed by atoms with E-state index in [9.17, 15) is 14.7 Å². The van der Waals surface area contributed by atoms with Crippen LogP contribution in [0.1, 0.15) is 31.9 Å². The fourth-order valence-electron chi connectivity index (χ4n) is 1.87. The minimum absolute atomic E-state index is 0.166. The molecule has 19 heavy (non-hydrogen) atoms. The van der Waals surface area contributed by atoms with Crippen molar-refractivity contribution in [3.8, 4) is 0 Å². The van der Waals surface area contributed by atoms with Crippen LogP contribution in [0.2, 0.25) is 0 Å². The molecule has 0 saturated heterocycles. The fraction of sp³-hybridized carbons (Fsp3) is 0.429. The molecule has 0 spiro atoms. The summed E-state index contributed by atoms with van der Waals surface area (Å²) in [6, 6.07) is 6.68. The molecule has 0 saturated carbocycles. The molecule has 2 atom stereocenters. The lowest BCUT2D eigenvalue weighted by Crippen LogP contribution is -2.42. The molecule has 1 aromatic rings. The molecule has 5 nitrogen and oxygen atoms in total. The predicted octanol–water partition coefficient (Wildman–Crippen LogP) is 1.90. The van der Waals surface area contributed by atoms with Crippen molar-refractivity contribution < 1.29 is 19.8 Å². The first-order valence-corrected chi connectivity index (χ1v) is 6.18. The average molecular weight is 265 g/mol. The number of carboxylic acid groups (broad SMARTS) is 2. The zero-order chi connectivity index (χ0) is 14.4. The molecule has 0 aliphatic rings. The van der Waals surface area contributed by atoms with E-state index in [1.165, 1.54) is 0 Å². The van der Waals surface area contributed by atoms with Crippen molar-refractivity contribution in [1.82, 2.24) is 5.32 Å². The van der Waals surface area contributed by atoms with Crippen molar-refractivity contribution in [3.05, 3.63) is 35.9 Å². The third-order valence-electron chi connectivity index (χ3n) is 2.75. The molecule has 0 aromatic heterocycles. The maximum Gasteiger partial charge on any atom is 0.325 e. The van der Waals surface area contributed by atoms with Gasteiger partial charge in [0.25, 0.3) is 0 Å². The molecule has 0 heterocycles. The smallest absolute Gasteiger partial charge is 0.325 e. The summed E-state index contributed by atoms with van der Waals surface area (Å²) < 4.78 is 0. The van der Waals surface area contributed by atoms with E-state index in [0.29, 0.717) is 12.0 Å². The first kappa shape index (κ1) is 15.2. The number of aliphatic carboxylic acids is 2. The van der Waals surface area contributed by atoms with Crippen molar-refractivity contribution in [1.29, 1.82) is 0 Å². The Morgan fingerprint density at radius 3 is 2.11 bits per heavy atom. The summed E-state index contributed by atoms with van der Waals surface area (Å²) >= 11 is 0. The number of carbonyl (C=O) groups is 2. The van der Waals surface area contributed by atoms with Gasteiger partial charge in [0.2, 0.25) is 0 Å². The van der Waals surface area contributed by atoms with Crippen LogP contribution in [-0.4, -0.2) is 28.2 Å². The Hall–Kier alpha value is -1.88. The SMILES string of the molecule is CC(C)C[C@H](N[C@@H](C(=O)O)c1ccccc1)C(=O)O. The lowest BCUT2D eigenvalue weighted by molar-refractivity contribution is -0.143. The van der Waals surface area contributed by atoms with Crippen LogP contribution in [0.25, 0.3) is 0 Å². The van der Waals surface area contributed by atoms with Gasteiger partial charge in [0.05, 0.1) is 0 Å². The lowest BCUT2D eigenvalue weighted by Gasteiger charge is -2.21. The quantitative estimate of drug-likeness (QED) is 0.701. The fourth-order valence-corrected chi connectivity index (χ4v) is 1.87. The zero-order valence-corrected chi connectivity index (χ0v) is 11.0. The number of hydrogen-bond donors (Lipinski definition) is 3. The third-order valence-corrected chi connectivity index (χ3v) is 2.75. The summed E-state index contributed by atoms with van der Waals surface area (Å²) in [7, 11) is 0. The van der Waals surface area contributed by atoms with Gasteiger partial charge in [0.1, 0.15) is 12.1 Å². The van der Waals surface area contributed by atoms with E-state index in [1.807, 2.05) is 13.8 Å². The molecule has 1 rings (SSSR count). The van der Waals surface area contributed by atoms with Gasteiger partial charge >= 0.3 is 11.9 Å². The van der Waals surface area contributed by atoms with Gasteiger partial charge in [-0.25, -0.2) is 0 Å². The Kier molecular flexibility index (Phi) is 5.51. The number of nitrogens with one attached hydrogen (secondary N) is 1. The summed E-state index contributed by atoms with van der Waals surface area (Å²) in [4.78, 5) is 22.5. The Labute approximate surface area is 112 Å². The molecule has 0 fully saturated rings. The van der Waals surface area contributed by atoms with Gasteiger partial charge in [-0.1, -0.05) is 44.2 Å². The number of rotatable bonds is 7. The highest BCUT2D eigenvalue weighted by atomic mass is 16.4. The lowest BCUT2D eigenvalue weighted by atomic mass is 10.0. The molecular formula is C14H19NO4. The number of benzene rings is 1. The standard InChI is InChI=1S/C14H19NO4/c1-9(2)8-11(13(16)17)15-12(14(18)19)10-6-4-3-5-7-10/h3-7,9,11-12,15H,8H2,1-2H3,(H,16,17)(H,18,19)/t11-,12+/m0/s1. The van der Waals surface area contributed by atoms with E-state index in [-0.39, 0.29) is 5.92 Å². The van der Waals surface area contributed by atoms with Gasteiger partial charge in [0.15, 0.2) is 0 Å². The van der Waals surface area contributed by atoms with E-state index < -0.39 is 24.0 Å². The van der Waals surface area contributed by atoms with Crippen LogP contribution >= 0.6 is 0 Å². The maximum absolute atomic E-state index is 11.3. The van der Waals surface area contributed by atoms with E-state index in [4.69, 9.17) is 5.11 Å². The molecule has 0 bridgehead atoms. The molecular weight excluding hydrogens is 246 g/mol. The second kappa shape index (κ2) is 6.89. The molecule has 3 N–H and O–H groups in total. The molecule has 0 unspecified atom stereocenters. The van der Waals surface area contributed by atoms with Crippen LogP contribution in [0.4, 0.5) is 0 Å². The molecule has 5 heteroatoms. The Morgan fingerprint density at radius 1 is 1.11 bits per heavy atom. The highest BCUT2D eigenvalue weighted by Crippen LogP contribution is 2.16. The van der Waals surface area contributed by atoms with E-state index in [2.05, 4.69) is 5.32 Å². The first-order chi connectivity index (χ1) is 8.91. The Balaban J connectivity index is 2.88. The molecule has 0 aliphatic heterocycles. The van der Waals surface area contributed by atoms with Gasteiger partial charge in [-0.15, -0.1) is 0 Å². The molecule has 1 aromatic carbocycles. The van der Waals surface area contributed by atoms with Crippen LogP contribution in [0.5, 0.6) is 0 Å². The largest absolute Gasteiger partial charge is 0.480 e. The molecule has 0 aliphatic carbocycles. The van der Waals surface area contributed by atoms with E-state index in [1.54, 1.807) is 30.3 Å². The molecule has 0 radical (unpaired) electrons. The van der Waals surface area contributed by atoms with Crippen molar-refractivity contribution in [3.63, 3.8) is 0 Å². The summed E-state index contributed by atoms with van der Waals surface area (Å²) in [6.45, 7) is 3.80. The highest BCUT2D eigenvalue weighted by molar-refractivity contribution is 5.78. The minimum Gasteiger partial charge on any atom is -0.480 e. The van der Waals surface area contributed by atoms with Gasteiger partial charge in [0, 0.05) is 0 Å². The van der Waals surface area contributed by atoms with E-state index in [0.717, 1.165) is 0 Å². The van der Waals surface area contributed by atoms with Crippen molar-refractivity contribution in [2.75, 3.05) is 0 Å². The normalized spacial score (nSPS) is 14.1. The predicted molar refractivity (Wildman–Crippen MR) is 70.8 cm³/mol. The van der Waals surface area contributed by atoms with Crippen LogP contribution in [0.15, 0.2) is 30.3 Å². The summed E-state index contributed by atoms with van der Waals surface area (Å²) in [5.74, 6) is -1.95. The topological polar surface area (TPSA) is 86.6 Å². The zero-order valence-electron chi connectivity index (χ0n) is 11.0. The van der Waals surface area contributed by atoms with Crippen molar-refractivity contribution in [2.45, 2.75) is 32.4 Å². The Morgan fingerprint density at radius 2 is 1.68 bits per heavy atom. The minimum atomic E-state index is -1.08. The maximum atomic E-state index is 11.3. The van der Waals surface area contributed by atoms with Crippen LogP contribution in [0, 0.1) is 5.92 Å².